The molecule has 1 N–H and O–H groups in total. The van der Waals surface area contributed by atoms with Gasteiger partial charge in [0.05, 0.1) is 20.9 Å². The van der Waals surface area contributed by atoms with Gasteiger partial charge in [0.1, 0.15) is 10.8 Å². The van der Waals surface area contributed by atoms with Crippen molar-refractivity contribution in [3.63, 3.8) is 0 Å². The van der Waals surface area contributed by atoms with Gasteiger partial charge in [0.25, 0.3) is 5.91 Å². The van der Waals surface area contributed by atoms with Crippen LogP contribution in [-0.2, 0) is 4.79 Å². The van der Waals surface area contributed by atoms with E-state index < -0.39 is 0 Å². The van der Waals surface area contributed by atoms with Crippen LogP contribution >= 0.6 is 45.5 Å². The molecule has 0 aliphatic carbocycles. The molecule has 1 heterocycles. The number of carbonyl (C=O) groups excluding carboxylic acids is 1. The number of aromatic nitrogens is 1. The number of thiazole rings is 1. The first-order valence-electron chi connectivity index (χ1n) is 8.43. The van der Waals surface area contributed by atoms with Gasteiger partial charge < -0.3 is 10.1 Å². The number of halogens is 2. The lowest BCUT2D eigenvalue weighted by molar-refractivity contribution is -0.118. The van der Waals surface area contributed by atoms with E-state index in [2.05, 4.69) is 27.9 Å². The molecular weight excluding hydrogens is 507 g/mol. The fourth-order valence-electron chi connectivity index (χ4n) is 2.68. The zero-order valence-electron chi connectivity index (χ0n) is 14.5. The van der Waals surface area contributed by atoms with Crippen LogP contribution in [0.15, 0.2) is 66.7 Å². The van der Waals surface area contributed by atoms with Crippen LogP contribution in [0.3, 0.4) is 0 Å². The summed E-state index contributed by atoms with van der Waals surface area (Å²) in [6, 6.07) is 20.9. The van der Waals surface area contributed by atoms with Crippen molar-refractivity contribution in [2.45, 2.75) is 0 Å². The van der Waals surface area contributed by atoms with E-state index >= 15 is 0 Å². The summed E-state index contributed by atoms with van der Waals surface area (Å²) in [4.78, 5) is 17.2. The van der Waals surface area contributed by atoms with Crippen molar-refractivity contribution in [1.82, 2.24) is 4.98 Å². The number of nitrogens with one attached hydrogen (secondary N) is 1. The average Bonchev–Trinajstić information content (AvgIpc) is 3.13. The van der Waals surface area contributed by atoms with Gasteiger partial charge in [-0.05, 0) is 65.1 Å². The Kier molecular flexibility index (Phi) is 5.79. The predicted octanol–water partition coefficient (Wildman–Crippen LogP) is 6.24. The highest BCUT2D eigenvalue weighted by molar-refractivity contribution is 14.1. The summed E-state index contributed by atoms with van der Waals surface area (Å²) in [6.45, 7) is -0.130. The standard InChI is InChI=1S/C21H14ClIN2O2S/c22-15-5-1-3-7-18(15)27-12-20(26)24-16-10-9-13(23)11-14(16)21-25-17-6-2-4-8-19(17)28-21/h1-11H,12H2,(H,24,26). The number of para-hydroxylation sites is 2. The molecule has 0 radical (unpaired) electrons. The Labute approximate surface area is 184 Å². The number of benzene rings is 3. The number of nitrogens with zero attached hydrogens (tertiary/aromatic N) is 1. The number of amides is 1. The monoisotopic (exact) mass is 520 g/mol. The fourth-order valence-corrected chi connectivity index (χ4v) is 4.36. The van der Waals surface area contributed by atoms with Crippen LogP contribution in [0, 0.1) is 3.57 Å². The molecule has 4 nitrogen and oxygen atoms in total. The number of anilines is 1. The van der Waals surface area contributed by atoms with E-state index in [1.54, 1.807) is 23.5 Å². The first-order chi connectivity index (χ1) is 13.6. The lowest BCUT2D eigenvalue weighted by Gasteiger charge is -2.11. The smallest absolute Gasteiger partial charge is 0.262 e. The summed E-state index contributed by atoms with van der Waals surface area (Å²) in [6.07, 6.45) is 0. The molecule has 0 aliphatic heterocycles. The van der Waals surface area contributed by atoms with E-state index in [4.69, 9.17) is 21.3 Å². The Morgan fingerprint density at radius 3 is 2.71 bits per heavy atom. The van der Waals surface area contributed by atoms with Crippen LogP contribution < -0.4 is 10.1 Å². The molecule has 4 rings (SSSR count). The Hall–Kier alpha value is -2.16. The molecule has 0 aliphatic rings. The first kappa shape index (κ1) is 19.2. The Balaban J connectivity index is 1.56. The average molecular weight is 521 g/mol. The molecule has 0 fully saturated rings. The maximum absolute atomic E-state index is 12.4. The van der Waals surface area contributed by atoms with Gasteiger partial charge in [-0.25, -0.2) is 4.98 Å². The molecule has 1 amide bonds. The molecule has 0 atom stereocenters. The molecule has 0 saturated carbocycles. The van der Waals surface area contributed by atoms with Gasteiger partial charge in [-0.2, -0.15) is 0 Å². The summed E-state index contributed by atoms with van der Waals surface area (Å²) in [5.41, 5.74) is 2.53. The SMILES string of the molecule is O=C(COc1ccccc1Cl)Nc1ccc(I)cc1-c1nc2ccccc2s1. The maximum atomic E-state index is 12.4. The summed E-state index contributed by atoms with van der Waals surface area (Å²) in [5.74, 6) is 0.219. The van der Waals surface area contributed by atoms with Gasteiger partial charge >= 0.3 is 0 Å². The Bertz CT molecular complexity index is 1130. The normalized spacial score (nSPS) is 10.8. The number of hydrogen-bond acceptors (Lipinski definition) is 4. The number of ether oxygens (including phenoxy) is 1. The molecule has 3 aromatic carbocycles. The van der Waals surface area contributed by atoms with Crippen LogP contribution in [-0.4, -0.2) is 17.5 Å². The van der Waals surface area contributed by atoms with E-state index in [9.17, 15) is 4.79 Å². The predicted molar refractivity (Wildman–Crippen MR) is 123 cm³/mol. The minimum atomic E-state index is -0.261. The number of hydrogen-bond donors (Lipinski definition) is 1. The topological polar surface area (TPSA) is 51.2 Å². The number of carbonyl (C=O) groups is 1. The van der Waals surface area contributed by atoms with Crippen molar-refractivity contribution in [1.29, 1.82) is 0 Å². The molecule has 0 spiro atoms. The van der Waals surface area contributed by atoms with Crippen LogP contribution in [0.5, 0.6) is 5.75 Å². The second-order valence-corrected chi connectivity index (χ2v) is 8.63. The third-order valence-corrected chi connectivity index (χ3v) is 6.03. The van der Waals surface area contributed by atoms with E-state index in [0.717, 1.165) is 24.4 Å². The lowest BCUT2D eigenvalue weighted by Crippen LogP contribution is -2.20. The maximum Gasteiger partial charge on any atom is 0.262 e. The van der Waals surface area contributed by atoms with Gasteiger partial charge in [0.2, 0.25) is 0 Å². The zero-order valence-corrected chi connectivity index (χ0v) is 18.2. The highest BCUT2D eigenvalue weighted by Gasteiger charge is 2.14. The van der Waals surface area contributed by atoms with Crippen LogP contribution in [0.25, 0.3) is 20.8 Å². The van der Waals surface area contributed by atoms with Crippen molar-refractivity contribution in [3.8, 4) is 16.3 Å². The van der Waals surface area contributed by atoms with E-state index in [-0.39, 0.29) is 12.5 Å². The molecule has 1 aromatic heterocycles. The van der Waals surface area contributed by atoms with Gasteiger partial charge in [0, 0.05) is 9.13 Å². The third kappa shape index (κ3) is 4.29. The largest absolute Gasteiger partial charge is 0.482 e. The number of fused-ring (bicyclic) bond motifs is 1. The van der Waals surface area contributed by atoms with Crippen LogP contribution in [0.2, 0.25) is 5.02 Å². The quantitative estimate of drug-likeness (QED) is 0.317. The van der Waals surface area contributed by atoms with Crippen LogP contribution in [0.4, 0.5) is 5.69 Å². The highest BCUT2D eigenvalue weighted by atomic mass is 127. The van der Waals surface area contributed by atoms with Crippen molar-refractivity contribution in [2.75, 3.05) is 11.9 Å². The van der Waals surface area contributed by atoms with Crippen molar-refractivity contribution in [2.24, 2.45) is 0 Å². The Morgan fingerprint density at radius 2 is 1.89 bits per heavy atom. The fraction of sp³-hybridized carbons (Fsp3) is 0.0476. The third-order valence-electron chi connectivity index (χ3n) is 3.98. The van der Waals surface area contributed by atoms with Crippen molar-refractivity contribution in [3.05, 3.63) is 75.3 Å². The molecule has 0 saturated heterocycles. The first-order valence-corrected chi connectivity index (χ1v) is 10.7. The van der Waals surface area contributed by atoms with Gasteiger partial charge in [-0.3, -0.25) is 4.79 Å². The molecule has 7 heteroatoms. The summed E-state index contributed by atoms with van der Waals surface area (Å²) < 4.78 is 7.70. The van der Waals surface area contributed by atoms with E-state index in [1.165, 1.54) is 0 Å². The number of rotatable bonds is 5. The molecule has 4 aromatic rings. The summed E-state index contributed by atoms with van der Waals surface area (Å²) in [5, 5.41) is 4.26. The second-order valence-electron chi connectivity index (χ2n) is 5.94. The minimum absolute atomic E-state index is 0.130. The highest BCUT2D eigenvalue weighted by Crippen LogP contribution is 2.35. The van der Waals surface area contributed by atoms with Gasteiger partial charge in [0.15, 0.2) is 6.61 Å². The van der Waals surface area contributed by atoms with Crippen molar-refractivity contribution >= 4 is 67.3 Å². The molecule has 0 unspecified atom stereocenters. The lowest BCUT2D eigenvalue weighted by atomic mass is 10.2. The van der Waals surface area contributed by atoms with E-state index in [1.807, 2.05) is 54.6 Å². The van der Waals surface area contributed by atoms with Crippen molar-refractivity contribution < 1.29 is 9.53 Å². The Morgan fingerprint density at radius 1 is 1.11 bits per heavy atom. The van der Waals surface area contributed by atoms with Gasteiger partial charge in [-0.15, -0.1) is 11.3 Å². The second kappa shape index (κ2) is 8.46. The van der Waals surface area contributed by atoms with Gasteiger partial charge in [-0.1, -0.05) is 35.9 Å². The summed E-state index contributed by atoms with van der Waals surface area (Å²) in [7, 11) is 0. The molecule has 28 heavy (non-hydrogen) atoms. The summed E-state index contributed by atoms with van der Waals surface area (Å²) >= 11 is 9.92. The molecule has 0 bridgehead atoms. The minimum Gasteiger partial charge on any atom is -0.482 e. The van der Waals surface area contributed by atoms with Crippen LogP contribution in [0.1, 0.15) is 0 Å². The molecule has 140 valence electrons. The zero-order chi connectivity index (χ0) is 19.5. The van der Waals surface area contributed by atoms with E-state index in [0.29, 0.717) is 16.5 Å². The molecular formula is C21H14ClIN2O2S.